The monoisotopic (exact) mass is 316 g/mol. The lowest BCUT2D eigenvalue weighted by molar-refractivity contribution is 0.317. The van der Waals surface area contributed by atoms with Gasteiger partial charge in [0.15, 0.2) is 0 Å². The third kappa shape index (κ3) is 3.35. The second-order valence-electron chi connectivity index (χ2n) is 4.70. The van der Waals surface area contributed by atoms with Crippen LogP contribution in [-0.2, 0) is 0 Å². The van der Waals surface area contributed by atoms with Crippen LogP contribution in [0, 0.1) is 5.92 Å². The molecule has 0 aliphatic heterocycles. The first-order valence-electron chi connectivity index (χ1n) is 6.28. The molecule has 0 saturated heterocycles. The third-order valence-electron chi connectivity index (χ3n) is 3.58. The SMILES string of the molecule is CCC1CCCCC1Nc1cnc(Cl)c(Br)c1. The maximum atomic E-state index is 5.89. The normalized spacial score (nSPS) is 24.6. The van der Waals surface area contributed by atoms with Gasteiger partial charge < -0.3 is 5.32 Å². The molecule has 94 valence electrons. The van der Waals surface area contributed by atoms with E-state index >= 15 is 0 Å². The quantitative estimate of drug-likeness (QED) is 0.804. The van der Waals surface area contributed by atoms with Crippen LogP contribution in [0.4, 0.5) is 5.69 Å². The van der Waals surface area contributed by atoms with Crippen LogP contribution in [0.3, 0.4) is 0 Å². The molecule has 0 amide bonds. The van der Waals surface area contributed by atoms with E-state index in [9.17, 15) is 0 Å². The predicted octanol–water partition coefficient (Wildman–Crippen LogP) is 4.88. The number of hydrogen-bond donors (Lipinski definition) is 1. The first-order chi connectivity index (χ1) is 8.20. The Balaban J connectivity index is 2.05. The maximum absolute atomic E-state index is 5.89. The molecule has 1 aromatic rings. The van der Waals surface area contributed by atoms with E-state index in [1.807, 2.05) is 12.3 Å². The molecule has 4 heteroatoms. The summed E-state index contributed by atoms with van der Waals surface area (Å²) in [6.45, 7) is 2.28. The summed E-state index contributed by atoms with van der Waals surface area (Å²) in [5.41, 5.74) is 1.06. The molecular weight excluding hydrogens is 300 g/mol. The summed E-state index contributed by atoms with van der Waals surface area (Å²) in [6.07, 6.45) is 8.37. The van der Waals surface area contributed by atoms with E-state index in [-0.39, 0.29) is 0 Å². The predicted molar refractivity (Wildman–Crippen MR) is 76.6 cm³/mol. The second kappa shape index (κ2) is 6.05. The molecular formula is C13H18BrClN2. The zero-order valence-electron chi connectivity index (χ0n) is 10.0. The summed E-state index contributed by atoms with van der Waals surface area (Å²) in [7, 11) is 0. The lowest BCUT2D eigenvalue weighted by Crippen LogP contribution is -2.31. The van der Waals surface area contributed by atoms with Crippen molar-refractivity contribution in [3.8, 4) is 0 Å². The van der Waals surface area contributed by atoms with Crippen LogP contribution in [0.2, 0.25) is 5.15 Å². The van der Waals surface area contributed by atoms with Crippen molar-refractivity contribution in [1.29, 1.82) is 0 Å². The van der Waals surface area contributed by atoms with Gasteiger partial charge in [-0.25, -0.2) is 4.98 Å². The van der Waals surface area contributed by atoms with Gasteiger partial charge in [-0.1, -0.05) is 37.8 Å². The Hall–Kier alpha value is -0.280. The summed E-state index contributed by atoms with van der Waals surface area (Å²) in [5, 5.41) is 4.12. The minimum Gasteiger partial charge on any atom is -0.381 e. The number of nitrogens with one attached hydrogen (secondary N) is 1. The van der Waals surface area contributed by atoms with Crippen LogP contribution in [0.5, 0.6) is 0 Å². The molecule has 1 fully saturated rings. The molecule has 2 unspecified atom stereocenters. The summed E-state index contributed by atoms with van der Waals surface area (Å²) >= 11 is 9.30. The minimum atomic E-state index is 0.520. The molecule has 0 spiro atoms. The molecule has 1 heterocycles. The van der Waals surface area contributed by atoms with Crippen LogP contribution in [-0.4, -0.2) is 11.0 Å². The van der Waals surface area contributed by atoms with E-state index in [0.717, 1.165) is 16.1 Å². The minimum absolute atomic E-state index is 0.520. The van der Waals surface area contributed by atoms with Crippen LogP contribution >= 0.6 is 27.5 Å². The molecule has 0 bridgehead atoms. The number of pyridine rings is 1. The van der Waals surface area contributed by atoms with Crippen molar-refractivity contribution in [3.63, 3.8) is 0 Å². The third-order valence-corrected chi connectivity index (χ3v) is 4.72. The number of rotatable bonds is 3. The molecule has 0 aromatic carbocycles. The molecule has 1 N–H and O–H groups in total. The fourth-order valence-electron chi connectivity index (χ4n) is 2.60. The van der Waals surface area contributed by atoms with E-state index in [1.165, 1.54) is 32.1 Å². The highest BCUT2D eigenvalue weighted by Gasteiger charge is 2.23. The van der Waals surface area contributed by atoms with E-state index in [2.05, 4.69) is 33.2 Å². The maximum Gasteiger partial charge on any atom is 0.143 e. The number of anilines is 1. The number of halogens is 2. The Morgan fingerprint density at radius 2 is 2.24 bits per heavy atom. The molecule has 0 radical (unpaired) electrons. The molecule has 2 atom stereocenters. The number of hydrogen-bond acceptors (Lipinski definition) is 2. The molecule has 17 heavy (non-hydrogen) atoms. The van der Waals surface area contributed by atoms with Crippen molar-refractivity contribution < 1.29 is 0 Å². The van der Waals surface area contributed by atoms with Crippen LogP contribution in [0.25, 0.3) is 0 Å². The smallest absolute Gasteiger partial charge is 0.143 e. The van der Waals surface area contributed by atoms with E-state index < -0.39 is 0 Å². The largest absolute Gasteiger partial charge is 0.381 e. The average molecular weight is 318 g/mol. The van der Waals surface area contributed by atoms with Gasteiger partial charge in [0.05, 0.1) is 16.4 Å². The lowest BCUT2D eigenvalue weighted by Gasteiger charge is -2.32. The Bertz CT molecular complexity index is 384. The van der Waals surface area contributed by atoms with Crippen molar-refractivity contribution >= 4 is 33.2 Å². The zero-order valence-corrected chi connectivity index (χ0v) is 12.4. The molecule has 1 saturated carbocycles. The first kappa shape index (κ1) is 13.2. The molecule has 2 nitrogen and oxygen atoms in total. The summed E-state index contributed by atoms with van der Waals surface area (Å²) in [6, 6.07) is 2.60. The van der Waals surface area contributed by atoms with Crippen LogP contribution < -0.4 is 5.32 Å². The molecule has 1 aromatic heterocycles. The Morgan fingerprint density at radius 3 is 2.94 bits per heavy atom. The van der Waals surface area contributed by atoms with E-state index in [0.29, 0.717) is 11.2 Å². The van der Waals surface area contributed by atoms with E-state index in [1.54, 1.807) is 0 Å². The van der Waals surface area contributed by atoms with Crippen LogP contribution in [0.15, 0.2) is 16.7 Å². The Morgan fingerprint density at radius 1 is 1.47 bits per heavy atom. The van der Waals surface area contributed by atoms with Crippen molar-refractivity contribution in [3.05, 3.63) is 21.9 Å². The highest BCUT2D eigenvalue weighted by Crippen LogP contribution is 2.30. The van der Waals surface area contributed by atoms with Crippen LogP contribution in [0.1, 0.15) is 39.0 Å². The van der Waals surface area contributed by atoms with Gasteiger partial charge in [0, 0.05) is 6.04 Å². The number of aromatic nitrogens is 1. The highest BCUT2D eigenvalue weighted by atomic mass is 79.9. The van der Waals surface area contributed by atoms with Crippen molar-refractivity contribution in [2.24, 2.45) is 5.92 Å². The van der Waals surface area contributed by atoms with E-state index in [4.69, 9.17) is 11.6 Å². The zero-order chi connectivity index (χ0) is 12.3. The molecule has 2 rings (SSSR count). The average Bonchev–Trinajstić information content (AvgIpc) is 2.34. The van der Waals surface area contributed by atoms with Gasteiger partial charge in [0.2, 0.25) is 0 Å². The lowest BCUT2D eigenvalue weighted by atomic mass is 9.83. The summed E-state index contributed by atoms with van der Waals surface area (Å²) < 4.78 is 0.855. The summed E-state index contributed by atoms with van der Waals surface area (Å²) in [4.78, 5) is 4.15. The van der Waals surface area contributed by atoms with Gasteiger partial charge >= 0.3 is 0 Å². The highest BCUT2D eigenvalue weighted by molar-refractivity contribution is 9.10. The van der Waals surface area contributed by atoms with Gasteiger partial charge in [-0.15, -0.1) is 0 Å². The van der Waals surface area contributed by atoms with Crippen molar-refractivity contribution in [2.45, 2.75) is 45.1 Å². The fraction of sp³-hybridized carbons (Fsp3) is 0.615. The first-order valence-corrected chi connectivity index (χ1v) is 7.45. The van der Waals surface area contributed by atoms with Crippen molar-refractivity contribution in [1.82, 2.24) is 4.98 Å². The Labute approximate surface area is 116 Å². The molecule has 1 aliphatic carbocycles. The molecule has 1 aliphatic rings. The topological polar surface area (TPSA) is 24.9 Å². The van der Waals surface area contributed by atoms with Gasteiger partial charge in [-0.3, -0.25) is 0 Å². The Kier molecular flexibility index (Phi) is 4.69. The summed E-state index contributed by atoms with van der Waals surface area (Å²) in [5.74, 6) is 0.790. The van der Waals surface area contributed by atoms with Gasteiger partial charge in [0.1, 0.15) is 5.15 Å². The standard InChI is InChI=1S/C13H18BrClN2/c1-2-9-5-3-4-6-12(9)17-10-7-11(14)13(15)16-8-10/h7-9,12,17H,2-6H2,1H3. The van der Waals surface area contributed by atoms with Crippen molar-refractivity contribution in [2.75, 3.05) is 5.32 Å². The number of nitrogens with zero attached hydrogens (tertiary/aromatic N) is 1. The second-order valence-corrected chi connectivity index (χ2v) is 5.91. The van der Waals surface area contributed by atoms with Gasteiger partial charge in [-0.05, 0) is 40.8 Å². The fourth-order valence-corrected chi connectivity index (χ4v) is 3.05. The van der Waals surface area contributed by atoms with Gasteiger partial charge in [0.25, 0.3) is 0 Å². The van der Waals surface area contributed by atoms with Gasteiger partial charge in [-0.2, -0.15) is 0 Å².